The molecular formula is C28H56N6O5P+. The number of nitrogen functional groups attached to an aromatic ring is 1. The molecule has 0 bridgehead atoms. The zero-order chi connectivity index (χ0) is 28.2. The van der Waals surface area contributed by atoms with Crippen LogP contribution in [0.4, 0.5) is 5.82 Å². The number of hydrogen-bond acceptors (Lipinski definition) is 8. The van der Waals surface area contributed by atoms with Crippen LogP contribution in [0.25, 0.3) is 11.2 Å². The van der Waals surface area contributed by atoms with Gasteiger partial charge >= 0.3 is 7.60 Å². The lowest BCUT2D eigenvalue weighted by Crippen LogP contribution is -2.17. The molecule has 0 aliphatic heterocycles. The first-order chi connectivity index (χ1) is 18.9. The summed E-state index contributed by atoms with van der Waals surface area (Å²) in [5.74, 6) is 0.311. The summed E-state index contributed by atoms with van der Waals surface area (Å²) in [6.45, 7) is 6.13. The van der Waals surface area contributed by atoms with Gasteiger partial charge < -0.3 is 35.3 Å². The van der Waals surface area contributed by atoms with Gasteiger partial charge in [0.25, 0.3) is 0 Å². The lowest BCUT2D eigenvalue weighted by atomic mass is 10.0. The van der Waals surface area contributed by atoms with Gasteiger partial charge in [-0.05, 0) is 26.2 Å². The molecule has 11 nitrogen and oxygen atoms in total. The molecule has 2 rings (SSSR count). The number of rotatable bonds is 25. The van der Waals surface area contributed by atoms with Gasteiger partial charge in [0.2, 0.25) is 0 Å². The Kier molecular flexibility index (Phi) is 20.1. The van der Waals surface area contributed by atoms with E-state index in [1.54, 1.807) is 10.9 Å². The first-order valence-corrected chi connectivity index (χ1v) is 16.8. The fraction of sp³-hybridized carbons (Fsp3) is 0.821. The van der Waals surface area contributed by atoms with Gasteiger partial charge in [-0.1, -0.05) is 84.0 Å². The number of unbranched alkanes of at least 4 members (excludes halogenated alkanes) is 13. The summed E-state index contributed by atoms with van der Waals surface area (Å²) < 4.78 is 30.5. The normalized spacial score (nSPS) is 13.8. The predicted molar refractivity (Wildman–Crippen MR) is 163 cm³/mol. The average Bonchev–Trinajstić information content (AvgIpc) is 3.32. The van der Waals surface area contributed by atoms with Gasteiger partial charge in [-0.3, -0.25) is 4.57 Å². The molecular weight excluding hydrogens is 531 g/mol. The van der Waals surface area contributed by atoms with Gasteiger partial charge in [-0.2, -0.15) is 0 Å². The summed E-state index contributed by atoms with van der Waals surface area (Å²) in [5.41, 5.74) is 6.92. The summed E-state index contributed by atoms with van der Waals surface area (Å²) in [5, 5.41) is 0. The van der Waals surface area contributed by atoms with Crippen LogP contribution in [0.2, 0.25) is 0 Å². The number of nitrogens with zero attached hydrogens (tertiary/aromatic N) is 4. The summed E-state index contributed by atoms with van der Waals surface area (Å²) in [6, 6.07) is 0. The van der Waals surface area contributed by atoms with Crippen molar-refractivity contribution in [3.05, 3.63) is 12.7 Å². The molecule has 0 aliphatic rings. The quantitative estimate of drug-likeness (QED) is 0.0799. The number of quaternary nitrogens is 1. The highest BCUT2D eigenvalue weighted by Gasteiger charge is 2.21. The van der Waals surface area contributed by atoms with E-state index in [0.29, 0.717) is 36.6 Å². The van der Waals surface area contributed by atoms with Crippen molar-refractivity contribution in [2.24, 2.45) is 0 Å². The fourth-order valence-corrected chi connectivity index (χ4v) is 5.39. The molecule has 0 fully saturated rings. The number of imidazole rings is 1. The van der Waals surface area contributed by atoms with Crippen molar-refractivity contribution in [1.29, 1.82) is 0 Å². The highest BCUT2D eigenvalue weighted by atomic mass is 31.2. The SMILES string of the molecule is CCCCCCCCCCCCCCCOCCCCOP(=O)(O)CO[C@H](C)Cn1cnc2c(N)ncnc21.[NH4+]. The van der Waals surface area contributed by atoms with E-state index in [9.17, 15) is 9.46 Å². The van der Waals surface area contributed by atoms with E-state index in [1.807, 2.05) is 6.92 Å². The number of anilines is 1. The van der Waals surface area contributed by atoms with Crippen LogP contribution < -0.4 is 11.9 Å². The second kappa shape index (κ2) is 22.0. The minimum atomic E-state index is -3.82. The zero-order valence-corrected chi connectivity index (χ0v) is 26.2. The Morgan fingerprint density at radius 2 is 1.43 bits per heavy atom. The number of aromatic nitrogens is 4. The van der Waals surface area contributed by atoms with Crippen LogP contribution in [-0.2, 0) is 25.1 Å². The zero-order valence-electron chi connectivity index (χ0n) is 25.3. The third-order valence-corrected chi connectivity index (χ3v) is 7.84. The molecule has 0 spiro atoms. The smallest absolute Gasteiger partial charge is 0.353 e. The Labute approximate surface area is 241 Å². The molecule has 0 amide bonds. The van der Waals surface area contributed by atoms with E-state index in [0.717, 1.165) is 19.4 Å². The average molecular weight is 588 g/mol. The van der Waals surface area contributed by atoms with E-state index >= 15 is 0 Å². The Morgan fingerprint density at radius 3 is 2.05 bits per heavy atom. The lowest BCUT2D eigenvalue weighted by molar-refractivity contribution is 0.0708. The fourth-order valence-electron chi connectivity index (χ4n) is 4.46. The Morgan fingerprint density at radius 1 is 0.875 bits per heavy atom. The van der Waals surface area contributed by atoms with Crippen LogP contribution in [-0.4, -0.2) is 56.7 Å². The molecule has 0 radical (unpaired) electrons. The van der Waals surface area contributed by atoms with Gasteiger partial charge in [0, 0.05) is 13.2 Å². The van der Waals surface area contributed by atoms with E-state index in [2.05, 4.69) is 21.9 Å². The molecule has 0 aliphatic carbocycles. The molecule has 1 unspecified atom stereocenters. The number of hydrogen-bond donors (Lipinski definition) is 3. The van der Waals surface area contributed by atoms with Gasteiger partial charge in [-0.25, -0.2) is 15.0 Å². The molecule has 0 saturated carbocycles. The summed E-state index contributed by atoms with van der Waals surface area (Å²) >= 11 is 0. The molecule has 40 heavy (non-hydrogen) atoms. The van der Waals surface area contributed by atoms with Crippen molar-refractivity contribution < 1.29 is 23.5 Å². The van der Waals surface area contributed by atoms with Crippen molar-refractivity contribution in [2.75, 3.05) is 31.9 Å². The van der Waals surface area contributed by atoms with Crippen LogP contribution in [0.5, 0.6) is 0 Å². The lowest BCUT2D eigenvalue weighted by Gasteiger charge is -2.17. The van der Waals surface area contributed by atoms with Crippen molar-refractivity contribution in [3.8, 4) is 0 Å². The molecule has 0 saturated heterocycles. The van der Waals surface area contributed by atoms with Gasteiger partial charge in [0.15, 0.2) is 11.5 Å². The summed E-state index contributed by atoms with van der Waals surface area (Å²) in [7, 11) is -3.82. The van der Waals surface area contributed by atoms with Crippen molar-refractivity contribution in [2.45, 2.75) is 123 Å². The minimum Gasteiger partial charge on any atom is -0.382 e. The van der Waals surface area contributed by atoms with Crippen molar-refractivity contribution >= 4 is 24.6 Å². The number of ether oxygens (including phenoxy) is 2. The summed E-state index contributed by atoms with van der Waals surface area (Å²) in [6.07, 6.45) is 21.2. The van der Waals surface area contributed by atoms with Crippen LogP contribution >= 0.6 is 7.60 Å². The third kappa shape index (κ3) is 16.0. The standard InChI is InChI=1S/C28H52N5O5P.H3N/c1-3-4-5-6-7-8-9-10-11-12-13-14-15-18-36-19-16-17-20-38-39(34,35)24-37-25(2)21-33-23-32-26-27(29)30-22-31-28(26)33;/h22-23,25H,3-21,24H2,1-2H3,(H,34,35)(H2,29,30,31);1H3/p+1/t25-;/m1./s1. The first-order valence-electron chi connectivity index (χ1n) is 15.0. The maximum atomic E-state index is 12.3. The molecule has 2 heterocycles. The highest BCUT2D eigenvalue weighted by molar-refractivity contribution is 7.52. The monoisotopic (exact) mass is 587 g/mol. The van der Waals surface area contributed by atoms with Crippen LogP contribution in [0.1, 0.15) is 110 Å². The molecule has 2 aromatic rings. The Hall–Kier alpha value is -1.62. The third-order valence-electron chi connectivity index (χ3n) is 6.77. The topological polar surface area (TPSA) is 171 Å². The molecule has 2 aromatic heterocycles. The van der Waals surface area contributed by atoms with Crippen LogP contribution in [0.3, 0.4) is 0 Å². The number of nitrogens with two attached hydrogens (primary N) is 1. The molecule has 2 atom stereocenters. The highest BCUT2D eigenvalue weighted by Crippen LogP contribution is 2.42. The second-order valence-corrected chi connectivity index (χ2v) is 12.3. The van der Waals surface area contributed by atoms with E-state index in [1.165, 1.54) is 83.4 Å². The second-order valence-electron chi connectivity index (χ2n) is 10.5. The van der Waals surface area contributed by atoms with Crippen LogP contribution in [0.15, 0.2) is 12.7 Å². The van der Waals surface area contributed by atoms with Gasteiger partial charge in [0.05, 0.1) is 25.6 Å². The van der Waals surface area contributed by atoms with Crippen molar-refractivity contribution in [3.63, 3.8) is 0 Å². The summed E-state index contributed by atoms with van der Waals surface area (Å²) in [4.78, 5) is 22.4. The molecule has 12 heteroatoms. The Balaban J connectivity index is 0.00000800. The van der Waals surface area contributed by atoms with Crippen molar-refractivity contribution in [1.82, 2.24) is 25.7 Å². The molecule has 7 N–H and O–H groups in total. The number of fused-ring (bicyclic) bond motifs is 1. The minimum absolute atomic E-state index is 0. The molecule has 0 aromatic carbocycles. The van der Waals surface area contributed by atoms with Gasteiger partial charge in [0.1, 0.15) is 18.2 Å². The first kappa shape index (κ1) is 36.4. The van der Waals surface area contributed by atoms with E-state index < -0.39 is 7.60 Å². The van der Waals surface area contributed by atoms with Crippen LogP contribution in [0, 0.1) is 0 Å². The predicted octanol–water partition coefficient (Wildman–Crippen LogP) is 7.24. The maximum Gasteiger partial charge on any atom is 0.353 e. The van der Waals surface area contributed by atoms with E-state index in [4.69, 9.17) is 19.7 Å². The van der Waals surface area contributed by atoms with Gasteiger partial charge in [-0.15, -0.1) is 0 Å². The maximum absolute atomic E-state index is 12.3. The largest absolute Gasteiger partial charge is 0.382 e. The Bertz CT molecular complexity index is 947. The molecule has 232 valence electrons. The van der Waals surface area contributed by atoms with E-state index in [-0.39, 0.29) is 25.2 Å².